The van der Waals surface area contributed by atoms with E-state index in [2.05, 4.69) is 11.6 Å². The number of nitrogens with two attached hydrogens (primary N) is 1. The molecule has 3 aromatic rings. The second-order valence-corrected chi connectivity index (χ2v) is 12.2. The number of aliphatic hydroxyl groups excluding tert-OH is 1. The molecule has 220 valence electrons. The third kappa shape index (κ3) is 5.61. The van der Waals surface area contributed by atoms with E-state index in [-0.39, 0.29) is 40.3 Å². The summed E-state index contributed by atoms with van der Waals surface area (Å²) in [6.45, 7) is 9.47. The first kappa shape index (κ1) is 30.2. The van der Waals surface area contributed by atoms with Gasteiger partial charge in [-0.15, -0.1) is 11.8 Å². The van der Waals surface area contributed by atoms with Crippen LogP contribution in [-0.4, -0.2) is 76.0 Å². The molecule has 3 N–H and O–H groups in total. The van der Waals surface area contributed by atoms with Crippen LogP contribution in [0, 0.1) is 11.6 Å². The zero-order valence-electron chi connectivity index (χ0n) is 22.6. The highest BCUT2D eigenvalue weighted by Crippen LogP contribution is 2.47. The Bertz CT molecular complexity index is 1550. The van der Waals surface area contributed by atoms with Gasteiger partial charge in [0.25, 0.3) is 0 Å². The lowest BCUT2D eigenvalue weighted by molar-refractivity contribution is -0.0208. The Kier molecular flexibility index (Phi) is 8.96. The molecule has 0 aliphatic carbocycles. The fraction of sp³-hybridized carbons (Fsp3) is 0.429. The number of aromatic nitrogens is 2. The third-order valence-corrected chi connectivity index (χ3v) is 9.32. The van der Waals surface area contributed by atoms with Crippen molar-refractivity contribution in [2.24, 2.45) is 5.73 Å². The maximum Gasteiger partial charge on any atom is 0.350 e. The summed E-state index contributed by atoms with van der Waals surface area (Å²) < 4.78 is 36.7. The molecule has 0 radical (unpaired) electrons. The second-order valence-electron chi connectivity index (χ2n) is 10.3. The molecule has 2 aliphatic heterocycles. The molecule has 4 atom stereocenters. The van der Waals surface area contributed by atoms with Crippen molar-refractivity contribution < 1.29 is 18.6 Å². The zero-order chi connectivity index (χ0) is 29.6. The van der Waals surface area contributed by atoms with E-state index in [1.165, 1.54) is 28.5 Å². The molecular formula is C28H31Cl2F2N5O3S. The Morgan fingerprint density at radius 3 is 2.56 bits per heavy atom. The number of benzene rings is 2. The van der Waals surface area contributed by atoms with Gasteiger partial charge in [0.15, 0.2) is 0 Å². The minimum atomic E-state index is -0.883. The number of anilines is 1. The molecule has 5 rings (SSSR count). The number of halogens is 4. The summed E-state index contributed by atoms with van der Waals surface area (Å²) in [7, 11) is 0. The van der Waals surface area contributed by atoms with E-state index in [4.69, 9.17) is 33.7 Å². The Labute approximate surface area is 250 Å². The van der Waals surface area contributed by atoms with Crippen LogP contribution in [0.2, 0.25) is 10.0 Å². The third-order valence-electron chi connectivity index (χ3n) is 7.50. The lowest BCUT2D eigenvalue weighted by atomic mass is 10.0. The number of hydrogen-bond donors (Lipinski definition) is 2. The molecule has 3 heterocycles. The van der Waals surface area contributed by atoms with E-state index in [1.54, 1.807) is 6.07 Å². The standard InChI is InChI=1S/C28H31Cl2F2N5O3S/c1-4-23(38)37-14(2)10-35(11-15(37)3)27-18-8-20(30)24(17-7-19(29)22(32)9-21(17)31)26-25(18)36(28(39)34-27)12-16(13-41-26)40-6-5-33/h4,7-9,14-16,23,38H,1,5-6,10-13,33H2,2-3H3/t14-,15+,16?,23?. The molecule has 0 saturated carbocycles. The van der Waals surface area contributed by atoms with Gasteiger partial charge in [0.05, 0.1) is 34.8 Å². The van der Waals surface area contributed by atoms with Crippen molar-refractivity contribution >= 4 is 51.7 Å². The summed E-state index contributed by atoms with van der Waals surface area (Å²) in [6.07, 6.45) is 0.306. The predicted octanol–water partition coefficient (Wildman–Crippen LogP) is 4.50. The molecule has 0 amide bonds. The Morgan fingerprint density at radius 2 is 1.90 bits per heavy atom. The van der Waals surface area contributed by atoms with E-state index in [1.807, 2.05) is 23.6 Å². The number of thioether (sulfide) groups is 1. The van der Waals surface area contributed by atoms with Crippen molar-refractivity contribution in [3.63, 3.8) is 0 Å². The summed E-state index contributed by atoms with van der Waals surface area (Å²) in [4.78, 5) is 22.7. The summed E-state index contributed by atoms with van der Waals surface area (Å²) in [6, 6.07) is 3.43. The largest absolute Gasteiger partial charge is 0.375 e. The van der Waals surface area contributed by atoms with Gasteiger partial charge in [-0.1, -0.05) is 29.8 Å². The molecule has 1 saturated heterocycles. The van der Waals surface area contributed by atoms with Crippen LogP contribution in [0.25, 0.3) is 22.0 Å². The Balaban J connectivity index is 1.73. The molecule has 2 aromatic carbocycles. The molecule has 0 bridgehead atoms. The Morgan fingerprint density at radius 1 is 1.20 bits per heavy atom. The van der Waals surface area contributed by atoms with Gasteiger partial charge in [0.1, 0.15) is 23.7 Å². The van der Waals surface area contributed by atoms with Crippen molar-refractivity contribution in [3.8, 4) is 11.1 Å². The number of piperazine rings is 1. The van der Waals surface area contributed by atoms with E-state index in [9.17, 15) is 14.3 Å². The smallest absolute Gasteiger partial charge is 0.350 e. The molecule has 13 heteroatoms. The van der Waals surface area contributed by atoms with E-state index in [0.717, 1.165) is 6.07 Å². The van der Waals surface area contributed by atoms with Gasteiger partial charge < -0.3 is 20.5 Å². The van der Waals surface area contributed by atoms with Crippen molar-refractivity contribution in [1.29, 1.82) is 0 Å². The van der Waals surface area contributed by atoms with E-state index < -0.39 is 23.6 Å². The van der Waals surface area contributed by atoms with Crippen LogP contribution in [0.4, 0.5) is 14.6 Å². The maximum absolute atomic E-state index is 15.2. The number of aliphatic hydroxyl groups is 1. The highest BCUT2D eigenvalue weighted by molar-refractivity contribution is 7.99. The summed E-state index contributed by atoms with van der Waals surface area (Å²) in [5, 5.41) is 11.1. The molecule has 0 spiro atoms. The first-order valence-electron chi connectivity index (χ1n) is 13.2. The molecule has 2 aliphatic rings. The first-order chi connectivity index (χ1) is 19.5. The number of nitrogens with zero attached hydrogens (tertiary/aromatic N) is 4. The van der Waals surface area contributed by atoms with Gasteiger partial charge in [-0.2, -0.15) is 4.98 Å². The SMILES string of the molecule is C=CC(O)N1[C@H](C)CN(c2nc(=O)n3c4c(c(-c5cc(Cl)c(F)cc5F)c(Cl)cc24)SCC(OCCN)C3)C[C@@H]1C. The molecular weight excluding hydrogens is 595 g/mol. The van der Waals surface area contributed by atoms with Crippen LogP contribution in [0.5, 0.6) is 0 Å². The molecule has 2 unspecified atom stereocenters. The van der Waals surface area contributed by atoms with Crippen molar-refractivity contribution in [2.75, 3.05) is 36.9 Å². The van der Waals surface area contributed by atoms with Crippen LogP contribution in [-0.2, 0) is 11.3 Å². The van der Waals surface area contributed by atoms with Crippen molar-refractivity contribution in [2.45, 2.75) is 49.7 Å². The quantitative estimate of drug-likeness (QED) is 0.293. The average molecular weight is 627 g/mol. The number of rotatable bonds is 7. The fourth-order valence-corrected chi connectivity index (χ4v) is 7.60. The van der Waals surface area contributed by atoms with Crippen molar-refractivity contribution in [3.05, 3.63) is 63.0 Å². The monoisotopic (exact) mass is 625 g/mol. The van der Waals surface area contributed by atoms with Gasteiger partial charge in [0, 0.05) is 64.9 Å². The minimum absolute atomic E-state index is 0.0266. The Hall–Kier alpha value is -2.25. The first-order valence-corrected chi connectivity index (χ1v) is 15.0. The lowest BCUT2D eigenvalue weighted by Gasteiger charge is -2.46. The van der Waals surface area contributed by atoms with Gasteiger partial charge >= 0.3 is 5.69 Å². The summed E-state index contributed by atoms with van der Waals surface area (Å²) in [5.41, 5.74) is 6.05. The summed E-state index contributed by atoms with van der Waals surface area (Å²) >= 11 is 14.3. The normalized spacial score (nSPS) is 22.1. The van der Waals surface area contributed by atoms with E-state index in [0.29, 0.717) is 59.2 Å². The topological polar surface area (TPSA) is 96.8 Å². The highest BCUT2D eigenvalue weighted by Gasteiger charge is 2.35. The van der Waals surface area contributed by atoms with Crippen molar-refractivity contribution in [1.82, 2.24) is 14.5 Å². The zero-order valence-corrected chi connectivity index (χ0v) is 24.9. The number of ether oxygens (including phenoxy) is 1. The van der Waals surface area contributed by atoms with E-state index >= 15 is 4.39 Å². The van der Waals surface area contributed by atoms with Crippen LogP contribution in [0.3, 0.4) is 0 Å². The maximum atomic E-state index is 15.2. The van der Waals surface area contributed by atoms with Crippen LogP contribution >= 0.6 is 35.0 Å². The number of hydrogen-bond acceptors (Lipinski definition) is 8. The van der Waals surface area contributed by atoms with Crippen LogP contribution < -0.4 is 16.3 Å². The van der Waals surface area contributed by atoms with Crippen LogP contribution in [0.15, 0.2) is 40.5 Å². The van der Waals surface area contributed by atoms with Gasteiger partial charge in [-0.25, -0.2) is 13.6 Å². The van der Waals surface area contributed by atoms with Gasteiger partial charge in [-0.05, 0) is 32.1 Å². The molecule has 1 aromatic heterocycles. The molecule has 41 heavy (non-hydrogen) atoms. The van der Waals surface area contributed by atoms with Crippen LogP contribution in [0.1, 0.15) is 13.8 Å². The van der Waals surface area contributed by atoms with Gasteiger partial charge in [0.2, 0.25) is 0 Å². The molecule has 8 nitrogen and oxygen atoms in total. The lowest BCUT2D eigenvalue weighted by Crippen LogP contribution is -2.60. The highest BCUT2D eigenvalue weighted by atomic mass is 35.5. The van der Waals surface area contributed by atoms with Gasteiger partial charge in [-0.3, -0.25) is 9.47 Å². The molecule has 1 fully saturated rings. The fourth-order valence-electron chi connectivity index (χ4n) is 5.80. The average Bonchev–Trinajstić information content (AvgIpc) is 3.12. The second kappa shape index (κ2) is 12.2. The minimum Gasteiger partial charge on any atom is -0.375 e. The predicted molar refractivity (Wildman–Crippen MR) is 160 cm³/mol. The summed E-state index contributed by atoms with van der Waals surface area (Å²) in [5.74, 6) is -0.831.